The fourth-order valence-electron chi connectivity index (χ4n) is 2.97. The molecule has 0 aliphatic rings. The predicted octanol–water partition coefficient (Wildman–Crippen LogP) is 6.91. The smallest absolute Gasteiger partial charge is 0.0629 e. The molecule has 4 rings (SSSR count). The van der Waals surface area contributed by atoms with E-state index in [-0.39, 0.29) is 0 Å². The van der Waals surface area contributed by atoms with Crippen LogP contribution in [0.3, 0.4) is 0 Å². The highest BCUT2D eigenvalue weighted by atomic mass is 15.1. The summed E-state index contributed by atoms with van der Waals surface area (Å²) in [5.74, 6) is 0. The van der Waals surface area contributed by atoms with Crippen LogP contribution >= 0.6 is 0 Å². The Morgan fingerprint density at radius 3 is 1.44 bits per heavy atom. The van der Waals surface area contributed by atoms with E-state index < -0.39 is 0 Å². The second-order valence-corrected chi connectivity index (χ2v) is 6.19. The van der Waals surface area contributed by atoms with Crippen molar-refractivity contribution in [2.75, 3.05) is 4.90 Å². The highest BCUT2D eigenvalue weighted by molar-refractivity contribution is 5.84. The van der Waals surface area contributed by atoms with Crippen molar-refractivity contribution in [2.45, 2.75) is 0 Å². The summed E-state index contributed by atoms with van der Waals surface area (Å²) in [6.07, 6.45) is 1.90. The van der Waals surface area contributed by atoms with Gasteiger partial charge in [-0.15, -0.1) is 0 Å². The Bertz CT molecular complexity index is 953. The maximum atomic E-state index is 4.53. The van der Waals surface area contributed by atoms with Crippen LogP contribution in [0.2, 0.25) is 0 Å². The number of para-hydroxylation sites is 3. The molecule has 0 amide bonds. The lowest BCUT2D eigenvalue weighted by molar-refractivity contribution is 1.28. The Morgan fingerprint density at radius 1 is 0.481 bits per heavy atom. The van der Waals surface area contributed by atoms with E-state index in [1.807, 2.05) is 48.7 Å². The zero-order chi connectivity index (χ0) is 18.3. The minimum absolute atomic E-state index is 0.955. The molecule has 27 heavy (non-hydrogen) atoms. The molecule has 0 aliphatic heterocycles. The first-order valence-electron chi connectivity index (χ1n) is 8.99. The number of rotatable bonds is 5. The van der Waals surface area contributed by atoms with Gasteiger partial charge in [0.05, 0.1) is 5.69 Å². The van der Waals surface area contributed by atoms with Crippen LogP contribution in [0.25, 0.3) is 0 Å². The van der Waals surface area contributed by atoms with Crippen molar-refractivity contribution in [3.8, 4) is 0 Å². The van der Waals surface area contributed by atoms with Crippen LogP contribution in [0.15, 0.2) is 120 Å². The van der Waals surface area contributed by atoms with Crippen LogP contribution in [-0.4, -0.2) is 6.21 Å². The molecule has 0 unspecified atom stereocenters. The summed E-state index contributed by atoms with van der Waals surface area (Å²) in [5, 5.41) is 0. The Kier molecular flexibility index (Phi) is 5.07. The fourth-order valence-corrected chi connectivity index (χ4v) is 2.97. The molecule has 0 aromatic heterocycles. The highest BCUT2D eigenvalue weighted by Gasteiger charge is 2.11. The highest BCUT2D eigenvalue weighted by Crippen LogP contribution is 2.33. The maximum absolute atomic E-state index is 4.53. The van der Waals surface area contributed by atoms with Crippen molar-refractivity contribution in [1.29, 1.82) is 0 Å². The lowest BCUT2D eigenvalue weighted by atomic mass is 10.1. The monoisotopic (exact) mass is 348 g/mol. The van der Waals surface area contributed by atoms with Crippen molar-refractivity contribution in [3.63, 3.8) is 0 Å². The van der Waals surface area contributed by atoms with Gasteiger partial charge in [0.25, 0.3) is 0 Å². The van der Waals surface area contributed by atoms with E-state index in [4.69, 9.17) is 0 Å². The second kappa shape index (κ2) is 8.15. The summed E-state index contributed by atoms with van der Waals surface area (Å²) in [6, 6.07) is 39.2. The van der Waals surface area contributed by atoms with Gasteiger partial charge < -0.3 is 4.90 Å². The lowest BCUT2D eigenvalue weighted by Crippen LogP contribution is -2.09. The van der Waals surface area contributed by atoms with Crippen molar-refractivity contribution < 1.29 is 0 Å². The molecule has 2 nitrogen and oxygen atoms in total. The molecular formula is C25H20N2. The Labute approximate surface area is 160 Å². The molecule has 0 heterocycles. The largest absolute Gasteiger partial charge is 0.311 e. The molecule has 0 bridgehead atoms. The van der Waals surface area contributed by atoms with Gasteiger partial charge in [0.15, 0.2) is 0 Å². The molecule has 0 spiro atoms. The Balaban J connectivity index is 1.64. The molecule has 4 aromatic carbocycles. The van der Waals surface area contributed by atoms with Gasteiger partial charge in [-0.05, 0) is 54.1 Å². The van der Waals surface area contributed by atoms with E-state index in [1.165, 1.54) is 0 Å². The average Bonchev–Trinajstić information content (AvgIpc) is 2.76. The molecular weight excluding hydrogens is 328 g/mol. The number of aliphatic imine (C=N–C) groups is 1. The van der Waals surface area contributed by atoms with E-state index in [0.717, 1.165) is 28.3 Å². The van der Waals surface area contributed by atoms with Crippen LogP contribution in [0.4, 0.5) is 22.7 Å². The third kappa shape index (κ3) is 4.13. The first kappa shape index (κ1) is 16.8. The summed E-state index contributed by atoms with van der Waals surface area (Å²) in [6.45, 7) is 0. The third-order valence-corrected chi connectivity index (χ3v) is 4.30. The quantitative estimate of drug-likeness (QED) is 0.358. The van der Waals surface area contributed by atoms with E-state index in [1.54, 1.807) is 0 Å². The number of benzene rings is 4. The zero-order valence-corrected chi connectivity index (χ0v) is 14.9. The van der Waals surface area contributed by atoms with Crippen molar-refractivity contribution >= 4 is 29.0 Å². The van der Waals surface area contributed by atoms with Crippen LogP contribution in [0, 0.1) is 0 Å². The van der Waals surface area contributed by atoms with Crippen LogP contribution < -0.4 is 4.90 Å². The third-order valence-electron chi connectivity index (χ3n) is 4.30. The second-order valence-electron chi connectivity index (χ2n) is 6.19. The first-order chi connectivity index (χ1) is 13.4. The average molecular weight is 348 g/mol. The van der Waals surface area contributed by atoms with E-state index in [2.05, 4.69) is 82.7 Å². The minimum atomic E-state index is 0.955. The van der Waals surface area contributed by atoms with Gasteiger partial charge in [-0.2, -0.15) is 0 Å². The predicted molar refractivity (Wildman–Crippen MR) is 115 cm³/mol. The number of nitrogens with zero attached hydrogens (tertiary/aromatic N) is 2. The number of hydrogen-bond donors (Lipinski definition) is 0. The van der Waals surface area contributed by atoms with Gasteiger partial charge in [-0.25, -0.2) is 0 Å². The van der Waals surface area contributed by atoms with Crippen molar-refractivity contribution in [2.24, 2.45) is 4.99 Å². The molecule has 0 radical (unpaired) electrons. The van der Waals surface area contributed by atoms with E-state index in [9.17, 15) is 0 Å². The molecule has 0 saturated carbocycles. The maximum Gasteiger partial charge on any atom is 0.0629 e. The summed E-state index contributed by atoms with van der Waals surface area (Å²) in [5.41, 5.74) is 5.41. The van der Waals surface area contributed by atoms with Crippen LogP contribution in [-0.2, 0) is 0 Å². The lowest BCUT2D eigenvalue weighted by Gasteiger charge is -2.25. The van der Waals surface area contributed by atoms with Gasteiger partial charge >= 0.3 is 0 Å². The van der Waals surface area contributed by atoms with Gasteiger partial charge in [-0.1, -0.05) is 66.7 Å². The molecule has 0 atom stereocenters. The van der Waals surface area contributed by atoms with Crippen LogP contribution in [0.5, 0.6) is 0 Å². The summed E-state index contributed by atoms with van der Waals surface area (Å²) >= 11 is 0. The molecule has 2 heteroatoms. The van der Waals surface area contributed by atoms with E-state index in [0.29, 0.717) is 0 Å². The molecule has 0 saturated heterocycles. The molecule has 130 valence electrons. The topological polar surface area (TPSA) is 15.6 Å². The van der Waals surface area contributed by atoms with Gasteiger partial charge in [-0.3, -0.25) is 4.99 Å². The van der Waals surface area contributed by atoms with Gasteiger partial charge in [0, 0.05) is 23.3 Å². The fraction of sp³-hybridized carbons (Fsp3) is 0. The molecule has 4 aromatic rings. The summed E-state index contributed by atoms with van der Waals surface area (Å²) in [7, 11) is 0. The Morgan fingerprint density at radius 2 is 0.926 bits per heavy atom. The first-order valence-corrected chi connectivity index (χ1v) is 8.99. The Hall–Kier alpha value is -3.65. The van der Waals surface area contributed by atoms with Gasteiger partial charge in [0.1, 0.15) is 0 Å². The zero-order valence-electron chi connectivity index (χ0n) is 14.9. The molecule has 0 N–H and O–H groups in total. The van der Waals surface area contributed by atoms with Gasteiger partial charge in [0.2, 0.25) is 0 Å². The normalized spacial score (nSPS) is 10.8. The van der Waals surface area contributed by atoms with Crippen molar-refractivity contribution in [3.05, 3.63) is 121 Å². The van der Waals surface area contributed by atoms with E-state index >= 15 is 0 Å². The molecule has 0 aliphatic carbocycles. The number of hydrogen-bond acceptors (Lipinski definition) is 2. The summed E-state index contributed by atoms with van der Waals surface area (Å²) in [4.78, 5) is 6.78. The summed E-state index contributed by atoms with van der Waals surface area (Å²) < 4.78 is 0. The van der Waals surface area contributed by atoms with Crippen molar-refractivity contribution in [1.82, 2.24) is 0 Å². The minimum Gasteiger partial charge on any atom is -0.311 e. The number of anilines is 3. The standard InChI is InChI=1S/C25H20N2/c1-4-10-22(11-5-1)26-20-21-16-18-25(19-17-21)27(23-12-6-2-7-13-23)24-14-8-3-9-15-24/h1-20H. The van der Waals surface area contributed by atoms with Crippen LogP contribution in [0.1, 0.15) is 5.56 Å². The molecule has 0 fully saturated rings. The SMILES string of the molecule is C(=Nc1ccccc1)c1ccc(N(c2ccccc2)c2ccccc2)cc1.